The molecular formula is C23H15Cl3N4O3. The molecule has 10 heteroatoms. The van der Waals surface area contributed by atoms with Crippen LogP contribution in [0.4, 0.5) is 0 Å². The molecule has 1 aliphatic heterocycles. The topological polar surface area (TPSA) is 95.2 Å². The van der Waals surface area contributed by atoms with E-state index >= 15 is 0 Å². The van der Waals surface area contributed by atoms with Gasteiger partial charge in [0.2, 0.25) is 5.43 Å². The molecule has 0 radical (unpaired) electrons. The minimum atomic E-state index is -0.885. The molecule has 4 aromatic rings. The quantitative estimate of drug-likeness (QED) is 0.187. The maximum absolute atomic E-state index is 13.1. The van der Waals surface area contributed by atoms with E-state index in [-0.39, 0.29) is 10.9 Å². The lowest BCUT2D eigenvalue weighted by Crippen LogP contribution is -2.63. The molecule has 0 bridgehead atoms. The first kappa shape index (κ1) is 21.7. The van der Waals surface area contributed by atoms with Crippen molar-refractivity contribution in [2.24, 2.45) is 0 Å². The number of alkyl halides is 1. The summed E-state index contributed by atoms with van der Waals surface area (Å²) in [5.41, 5.74) is 4.40. The summed E-state index contributed by atoms with van der Waals surface area (Å²) >= 11 is 18.5. The molecule has 5 rings (SSSR count). The third-order valence-corrected chi connectivity index (χ3v) is 6.67. The summed E-state index contributed by atoms with van der Waals surface area (Å²) in [6, 6.07) is 11.3. The average molecular weight is 502 g/mol. The zero-order valence-electron chi connectivity index (χ0n) is 17.0. The van der Waals surface area contributed by atoms with E-state index in [1.807, 2.05) is 6.92 Å². The van der Waals surface area contributed by atoms with Crippen molar-refractivity contribution in [3.63, 3.8) is 0 Å². The number of carbonyl (C=O) groups excluding carboxylic acids is 2. The van der Waals surface area contributed by atoms with E-state index in [1.54, 1.807) is 42.5 Å². The van der Waals surface area contributed by atoms with Gasteiger partial charge in [0.15, 0.2) is 0 Å². The van der Waals surface area contributed by atoms with Gasteiger partial charge in [-0.1, -0.05) is 41.4 Å². The van der Waals surface area contributed by atoms with Crippen molar-refractivity contribution < 1.29 is 9.59 Å². The molecule has 33 heavy (non-hydrogen) atoms. The number of hydrogen-bond donors (Lipinski definition) is 2. The third kappa shape index (κ3) is 3.44. The first-order valence-electron chi connectivity index (χ1n) is 9.91. The first-order valence-corrected chi connectivity index (χ1v) is 11.1. The number of aromatic nitrogens is 2. The molecule has 2 atom stereocenters. The molecule has 1 aliphatic rings. The molecule has 7 nitrogen and oxygen atoms in total. The Balaban J connectivity index is 1.52. The van der Waals surface area contributed by atoms with Crippen LogP contribution < -0.4 is 10.9 Å². The lowest BCUT2D eigenvalue weighted by molar-refractivity contribution is -0.149. The zero-order chi connectivity index (χ0) is 23.4. The number of rotatable bonds is 3. The molecular weight excluding hydrogens is 487 g/mol. The number of H-pyrrole nitrogens is 1. The molecule has 2 aromatic carbocycles. The molecule has 2 N–H and O–H groups in total. The van der Waals surface area contributed by atoms with Crippen LogP contribution in [0.5, 0.6) is 0 Å². The Bertz CT molecular complexity index is 1540. The first-order chi connectivity index (χ1) is 15.8. The smallest absolute Gasteiger partial charge is 0.275 e. The Morgan fingerprint density at radius 3 is 2.67 bits per heavy atom. The van der Waals surface area contributed by atoms with E-state index < -0.39 is 28.7 Å². The Morgan fingerprint density at radius 2 is 1.91 bits per heavy atom. The number of nitrogens with zero attached hydrogens (tertiary/aromatic N) is 2. The Hall–Kier alpha value is -3.13. The van der Waals surface area contributed by atoms with Crippen LogP contribution in [0.1, 0.15) is 27.5 Å². The van der Waals surface area contributed by atoms with Gasteiger partial charge in [-0.15, -0.1) is 11.6 Å². The number of hydrazine groups is 1. The summed E-state index contributed by atoms with van der Waals surface area (Å²) < 4.78 is 0. The van der Waals surface area contributed by atoms with Crippen LogP contribution in [0, 0.1) is 6.92 Å². The van der Waals surface area contributed by atoms with Crippen molar-refractivity contribution in [1.82, 2.24) is 20.4 Å². The number of amides is 2. The SMILES string of the molecule is Cc1cc(Cl)[nH]c2ccc3c(=O)c(C(=O)NN4C(=O)C(Cl)C4c4ccccc4Cl)cnc3c12. The van der Waals surface area contributed by atoms with Crippen molar-refractivity contribution in [2.45, 2.75) is 18.3 Å². The fourth-order valence-electron chi connectivity index (χ4n) is 4.09. The third-order valence-electron chi connectivity index (χ3n) is 5.70. The lowest BCUT2D eigenvalue weighted by Gasteiger charge is -2.44. The van der Waals surface area contributed by atoms with Gasteiger partial charge in [0.1, 0.15) is 22.1 Å². The van der Waals surface area contributed by atoms with Crippen LogP contribution in [-0.2, 0) is 4.79 Å². The second kappa shape index (κ2) is 8.02. The number of benzene rings is 2. The monoisotopic (exact) mass is 500 g/mol. The summed E-state index contributed by atoms with van der Waals surface area (Å²) in [7, 11) is 0. The van der Waals surface area contributed by atoms with Gasteiger partial charge in [-0.3, -0.25) is 24.8 Å². The number of carbonyl (C=O) groups is 2. The highest BCUT2D eigenvalue weighted by Crippen LogP contribution is 2.40. The van der Waals surface area contributed by atoms with Gasteiger partial charge in [0.05, 0.1) is 5.52 Å². The van der Waals surface area contributed by atoms with E-state index in [4.69, 9.17) is 34.8 Å². The van der Waals surface area contributed by atoms with Gasteiger partial charge in [0.25, 0.3) is 11.8 Å². The molecule has 1 fully saturated rings. The Kier molecular flexibility index (Phi) is 5.28. The molecule has 1 saturated heterocycles. The number of halogens is 3. The van der Waals surface area contributed by atoms with E-state index in [0.717, 1.165) is 21.5 Å². The van der Waals surface area contributed by atoms with Gasteiger partial charge in [-0.2, -0.15) is 0 Å². The fraction of sp³-hybridized carbons (Fsp3) is 0.130. The van der Waals surface area contributed by atoms with Crippen LogP contribution in [0.2, 0.25) is 10.2 Å². The molecule has 2 aromatic heterocycles. The summed E-state index contributed by atoms with van der Waals surface area (Å²) in [5.74, 6) is -1.26. The van der Waals surface area contributed by atoms with Crippen LogP contribution >= 0.6 is 34.8 Å². The van der Waals surface area contributed by atoms with E-state index in [0.29, 0.717) is 21.3 Å². The highest BCUT2D eigenvalue weighted by molar-refractivity contribution is 6.35. The van der Waals surface area contributed by atoms with Gasteiger partial charge < -0.3 is 4.98 Å². The van der Waals surface area contributed by atoms with Crippen molar-refractivity contribution in [1.29, 1.82) is 0 Å². The number of aryl methyl sites for hydroxylation is 1. The predicted molar refractivity (Wildman–Crippen MR) is 128 cm³/mol. The number of nitrogens with one attached hydrogen (secondary N) is 2. The minimum absolute atomic E-state index is 0.193. The van der Waals surface area contributed by atoms with Crippen LogP contribution in [0.15, 0.2) is 53.5 Å². The fourth-order valence-corrected chi connectivity index (χ4v) is 4.96. The van der Waals surface area contributed by atoms with Crippen molar-refractivity contribution in [3.8, 4) is 0 Å². The summed E-state index contributed by atoms with van der Waals surface area (Å²) in [6.45, 7) is 1.86. The molecule has 2 amide bonds. The van der Waals surface area contributed by atoms with Gasteiger partial charge in [0, 0.05) is 27.5 Å². The standard InChI is InChI=1S/C23H15Cl3N4O3/c1-10-8-16(25)28-15-7-6-12-19(17(10)15)27-9-13(21(12)31)22(32)29-30-20(18(26)23(30)33)11-4-2-3-5-14(11)24/h2-9,18,20,28H,1H3,(H,29,32). The molecule has 0 aliphatic carbocycles. The van der Waals surface area contributed by atoms with Gasteiger partial charge in [-0.25, -0.2) is 5.01 Å². The van der Waals surface area contributed by atoms with Crippen LogP contribution in [0.3, 0.4) is 0 Å². The number of hydrogen-bond acceptors (Lipinski definition) is 4. The van der Waals surface area contributed by atoms with Crippen LogP contribution in [0.25, 0.3) is 21.8 Å². The second-order valence-corrected chi connectivity index (χ2v) is 8.99. The summed E-state index contributed by atoms with van der Waals surface area (Å²) in [6.07, 6.45) is 1.21. The molecule has 2 unspecified atom stereocenters. The minimum Gasteiger partial charge on any atom is -0.346 e. The van der Waals surface area contributed by atoms with Crippen molar-refractivity contribution >= 4 is 68.4 Å². The Morgan fingerprint density at radius 1 is 1.15 bits per heavy atom. The van der Waals surface area contributed by atoms with Gasteiger partial charge >= 0.3 is 0 Å². The lowest BCUT2D eigenvalue weighted by atomic mass is 9.95. The van der Waals surface area contributed by atoms with Crippen molar-refractivity contribution in [3.05, 3.63) is 85.8 Å². The maximum Gasteiger partial charge on any atom is 0.275 e. The zero-order valence-corrected chi connectivity index (χ0v) is 19.3. The Labute approximate surface area is 202 Å². The highest BCUT2D eigenvalue weighted by Gasteiger charge is 2.49. The maximum atomic E-state index is 13.1. The number of β-lactam (4-membered cyclic amide) rings is 1. The largest absolute Gasteiger partial charge is 0.346 e. The normalized spacial score (nSPS) is 17.9. The second-order valence-electron chi connectivity index (χ2n) is 7.70. The number of aromatic amines is 1. The molecule has 3 heterocycles. The van der Waals surface area contributed by atoms with Crippen molar-refractivity contribution in [2.75, 3.05) is 0 Å². The van der Waals surface area contributed by atoms with Gasteiger partial charge in [-0.05, 0) is 42.3 Å². The van der Waals surface area contributed by atoms with E-state index in [9.17, 15) is 14.4 Å². The average Bonchev–Trinajstić information content (AvgIpc) is 2.79. The van der Waals surface area contributed by atoms with Crippen LogP contribution in [-0.4, -0.2) is 32.2 Å². The molecule has 166 valence electrons. The molecule has 0 spiro atoms. The van der Waals surface area contributed by atoms with E-state index in [2.05, 4.69) is 15.4 Å². The predicted octanol–water partition coefficient (Wildman–Crippen LogP) is 4.53. The summed E-state index contributed by atoms with van der Waals surface area (Å²) in [5, 5.41) is 2.10. The summed E-state index contributed by atoms with van der Waals surface area (Å²) in [4.78, 5) is 45.9. The highest BCUT2D eigenvalue weighted by atomic mass is 35.5. The number of pyridine rings is 2. The van der Waals surface area contributed by atoms with E-state index in [1.165, 1.54) is 6.20 Å². The number of fused-ring (bicyclic) bond motifs is 3. The molecule has 0 saturated carbocycles.